The molecule has 6 nitrogen and oxygen atoms in total. The molecular weight excluding hydrogens is 392 g/mol. The number of aromatic nitrogens is 2. The number of benzene rings is 1. The van der Waals surface area contributed by atoms with Crippen LogP contribution in [0.15, 0.2) is 41.1 Å². The number of thiophene rings is 1. The van der Waals surface area contributed by atoms with E-state index in [-0.39, 0.29) is 5.75 Å². The number of nitrogens with zero attached hydrogens (tertiary/aromatic N) is 3. The molecule has 1 fully saturated rings. The van der Waals surface area contributed by atoms with E-state index in [2.05, 4.69) is 21.7 Å². The number of fused-ring (bicyclic) bond motifs is 1. The summed E-state index contributed by atoms with van der Waals surface area (Å²) in [5, 5.41) is 8.75. The largest absolute Gasteiger partial charge is 0.367 e. The molecule has 0 bridgehead atoms. The molecule has 4 rings (SSSR count). The summed E-state index contributed by atoms with van der Waals surface area (Å²) < 4.78 is 22.8. The second-order valence-electron chi connectivity index (χ2n) is 7.32. The molecule has 0 amide bonds. The second-order valence-corrected chi connectivity index (χ2v) is 10.4. The molecule has 0 atom stereocenters. The second kappa shape index (κ2) is 8.14. The lowest BCUT2D eigenvalue weighted by Gasteiger charge is -2.32. The van der Waals surface area contributed by atoms with E-state index in [9.17, 15) is 8.42 Å². The number of likely N-dealkylation sites (tertiary alicyclic amines) is 1. The lowest BCUT2D eigenvalue weighted by Crippen LogP contribution is -2.41. The summed E-state index contributed by atoms with van der Waals surface area (Å²) in [6.45, 7) is 2.41. The standard InChI is InChI=1S/C20H24N4O2S2/c1-28(25,26)13-11-24-9-6-16(7-10-24)21-20-17-4-2-3-5-18(17)22-19(23-20)15-8-12-27-14-15/h2-5,8,12,14,16H,6-7,9-11,13H2,1H3,(H,21,22,23). The molecule has 3 aromatic rings. The molecule has 28 heavy (non-hydrogen) atoms. The van der Waals surface area contributed by atoms with Crippen LogP contribution in [-0.4, -0.2) is 61.0 Å². The molecule has 0 saturated carbocycles. The van der Waals surface area contributed by atoms with E-state index in [0.29, 0.717) is 12.6 Å². The van der Waals surface area contributed by atoms with Gasteiger partial charge in [-0.05, 0) is 36.4 Å². The zero-order valence-corrected chi connectivity index (χ0v) is 17.5. The topological polar surface area (TPSA) is 75.2 Å². The van der Waals surface area contributed by atoms with Crippen LogP contribution in [0.5, 0.6) is 0 Å². The van der Waals surface area contributed by atoms with Gasteiger partial charge in [0.1, 0.15) is 15.7 Å². The lowest BCUT2D eigenvalue weighted by atomic mass is 10.0. The van der Waals surface area contributed by atoms with Gasteiger partial charge in [0.25, 0.3) is 0 Å². The van der Waals surface area contributed by atoms with E-state index in [1.807, 2.05) is 29.6 Å². The Labute approximate surface area is 169 Å². The fourth-order valence-electron chi connectivity index (χ4n) is 3.50. The number of nitrogens with one attached hydrogen (secondary N) is 1. The molecule has 0 spiro atoms. The maximum atomic E-state index is 11.4. The molecular formula is C20H24N4O2S2. The number of hydrogen-bond donors (Lipinski definition) is 1. The van der Waals surface area contributed by atoms with Crippen LogP contribution in [0.3, 0.4) is 0 Å². The van der Waals surface area contributed by atoms with Gasteiger partial charge in [0, 0.05) is 48.3 Å². The summed E-state index contributed by atoms with van der Waals surface area (Å²) in [6, 6.07) is 10.4. The molecule has 3 heterocycles. The molecule has 1 aromatic carbocycles. The van der Waals surface area contributed by atoms with Crippen LogP contribution in [-0.2, 0) is 9.84 Å². The van der Waals surface area contributed by atoms with Crippen LogP contribution in [0.1, 0.15) is 12.8 Å². The Morgan fingerprint density at radius 1 is 1.18 bits per heavy atom. The maximum absolute atomic E-state index is 11.4. The van der Waals surface area contributed by atoms with Gasteiger partial charge < -0.3 is 10.2 Å². The predicted octanol–water partition coefficient (Wildman–Crippen LogP) is 3.28. The Balaban J connectivity index is 1.49. The third-order valence-electron chi connectivity index (χ3n) is 5.09. The SMILES string of the molecule is CS(=O)(=O)CCN1CCC(Nc2nc(-c3ccsc3)nc3ccccc23)CC1. The average Bonchev–Trinajstić information content (AvgIpc) is 3.22. The fraction of sp³-hybridized carbons (Fsp3) is 0.400. The van der Waals surface area contributed by atoms with E-state index in [4.69, 9.17) is 9.97 Å². The molecule has 1 N–H and O–H groups in total. The number of rotatable bonds is 6. The normalized spacial score (nSPS) is 16.5. The predicted molar refractivity (Wildman–Crippen MR) is 116 cm³/mol. The lowest BCUT2D eigenvalue weighted by molar-refractivity contribution is 0.230. The summed E-state index contributed by atoms with van der Waals surface area (Å²) in [6.07, 6.45) is 3.23. The highest BCUT2D eigenvalue weighted by Crippen LogP contribution is 2.27. The van der Waals surface area contributed by atoms with Crippen molar-refractivity contribution in [1.82, 2.24) is 14.9 Å². The minimum absolute atomic E-state index is 0.228. The minimum atomic E-state index is -2.91. The number of piperidine rings is 1. The number of para-hydroxylation sites is 1. The van der Waals surface area contributed by atoms with Crippen LogP contribution in [0.25, 0.3) is 22.3 Å². The van der Waals surface area contributed by atoms with E-state index >= 15 is 0 Å². The molecule has 1 aliphatic heterocycles. The highest BCUT2D eigenvalue weighted by molar-refractivity contribution is 7.90. The van der Waals surface area contributed by atoms with E-state index in [1.54, 1.807) is 11.3 Å². The van der Waals surface area contributed by atoms with E-state index in [1.165, 1.54) is 6.26 Å². The monoisotopic (exact) mass is 416 g/mol. The van der Waals surface area contributed by atoms with Gasteiger partial charge in [-0.15, -0.1) is 0 Å². The summed E-state index contributed by atoms with van der Waals surface area (Å²) in [5.41, 5.74) is 1.97. The molecule has 1 aliphatic rings. The Hall–Kier alpha value is -2.03. The molecule has 1 saturated heterocycles. The third kappa shape index (κ3) is 4.68. The average molecular weight is 417 g/mol. The fourth-order valence-corrected chi connectivity index (χ4v) is 4.72. The summed E-state index contributed by atoms with van der Waals surface area (Å²) >= 11 is 1.64. The number of sulfone groups is 1. The maximum Gasteiger partial charge on any atom is 0.162 e. The molecule has 148 valence electrons. The summed E-state index contributed by atoms with van der Waals surface area (Å²) in [7, 11) is -2.91. The first-order valence-electron chi connectivity index (χ1n) is 9.44. The molecule has 2 aromatic heterocycles. The van der Waals surface area contributed by atoms with Crippen molar-refractivity contribution >= 4 is 37.9 Å². The van der Waals surface area contributed by atoms with Crippen molar-refractivity contribution in [2.45, 2.75) is 18.9 Å². The van der Waals surface area contributed by atoms with Crippen molar-refractivity contribution in [1.29, 1.82) is 0 Å². The zero-order chi connectivity index (χ0) is 19.6. The van der Waals surface area contributed by atoms with Crippen molar-refractivity contribution in [3.05, 3.63) is 41.1 Å². The molecule has 8 heteroatoms. The van der Waals surface area contributed by atoms with Gasteiger partial charge in [0.05, 0.1) is 11.3 Å². The van der Waals surface area contributed by atoms with Gasteiger partial charge in [-0.2, -0.15) is 11.3 Å². The van der Waals surface area contributed by atoms with Crippen LogP contribution < -0.4 is 5.32 Å². The number of hydrogen-bond acceptors (Lipinski definition) is 7. The van der Waals surface area contributed by atoms with Gasteiger partial charge in [-0.25, -0.2) is 18.4 Å². The Kier molecular flexibility index (Phi) is 5.61. The van der Waals surface area contributed by atoms with Gasteiger partial charge >= 0.3 is 0 Å². The van der Waals surface area contributed by atoms with Crippen molar-refractivity contribution in [2.24, 2.45) is 0 Å². The summed E-state index contributed by atoms with van der Waals surface area (Å²) in [4.78, 5) is 11.8. The van der Waals surface area contributed by atoms with Crippen molar-refractivity contribution in [3.63, 3.8) is 0 Å². The molecule has 0 aliphatic carbocycles. The summed E-state index contributed by atoms with van der Waals surface area (Å²) in [5.74, 6) is 1.85. The van der Waals surface area contributed by atoms with Gasteiger partial charge in [0.2, 0.25) is 0 Å². The van der Waals surface area contributed by atoms with Gasteiger partial charge in [0.15, 0.2) is 5.82 Å². The Bertz CT molecular complexity index is 1040. The molecule has 0 unspecified atom stereocenters. The smallest absolute Gasteiger partial charge is 0.162 e. The highest BCUT2D eigenvalue weighted by Gasteiger charge is 2.21. The van der Waals surface area contributed by atoms with Crippen LogP contribution >= 0.6 is 11.3 Å². The minimum Gasteiger partial charge on any atom is -0.367 e. The molecule has 0 radical (unpaired) electrons. The van der Waals surface area contributed by atoms with Gasteiger partial charge in [-0.1, -0.05) is 12.1 Å². The van der Waals surface area contributed by atoms with Crippen molar-refractivity contribution in [2.75, 3.05) is 37.0 Å². The van der Waals surface area contributed by atoms with Crippen molar-refractivity contribution < 1.29 is 8.42 Å². The first-order valence-corrected chi connectivity index (χ1v) is 12.4. The van der Waals surface area contributed by atoms with E-state index in [0.717, 1.165) is 54.0 Å². The number of anilines is 1. The quantitative estimate of drug-likeness (QED) is 0.665. The third-order valence-corrected chi connectivity index (χ3v) is 6.70. The Morgan fingerprint density at radius 3 is 2.68 bits per heavy atom. The van der Waals surface area contributed by atoms with Gasteiger partial charge in [-0.3, -0.25) is 0 Å². The zero-order valence-electron chi connectivity index (χ0n) is 15.8. The Morgan fingerprint density at radius 2 is 1.96 bits per heavy atom. The van der Waals surface area contributed by atoms with Crippen LogP contribution in [0.4, 0.5) is 5.82 Å². The highest BCUT2D eigenvalue weighted by atomic mass is 32.2. The van der Waals surface area contributed by atoms with Crippen LogP contribution in [0.2, 0.25) is 0 Å². The van der Waals surface area contributed by atoms with Crippen LogP contribution in [0, 0.1) is 0 Å². The first-order chi connectivity index (χ1) is 13.5. The van der Waals surface area contributed by atoms with Crippen molar-refractivity contribution in [3.8, 4) is 11.4 Å². The first kappa shape index (κ1) is 19.3. The van der Waals surface area contributed by atoms with E-state index < -0.39 is 9.84 Å².